The van der Waals surface area contributed by atoms with E-state index in [1.54, 1.807) is 6.20 Å². The van der Waals surface area contributed by atoms with Crippen molar-refractivity contribution in [1.82, 2.24) is 9.88 Å². The number of amides is 1. The van der Waals surface area contributed by atoms with E-state index >= 15 is 0 Å². The van der Waals surface area contributed by atoms with Gasteiger partial charge in [-0.2, -0.15) is 0 Å². The largest absolute Gasteiger partial charge is 0.484 e. The number of carbonyl (C=O) groups is 1. The SMILES string of the molecule is CC(C)c1ccc(OCC(=O)N2CCC(Oc3ncccc3Br)CC2)cc1. The zero-order chi connectivity index (χ0) is 19.2. The summed E-state index contributed by atoms with van der Waals surface area (Å²) in [5, 5.41) is 0. The van der Waals surface area contributed by atoms with E-state index in [0.29, 0.717) is 24.9 Å². The Morgan fingerprint density at radius 1 is 1.22 bits per heavy atom. The first kappa shape index (κ1) is 19.7. The number of benzene rings is 1. The van der Waals surface area contributed by atoms with E-state index in [1.807, 2.05) is 41.3 Å². The van der Waals surface area contributed by atoms with Crippen LogP contribution in [0.4, 0.5) is 0 Å². The highest BCUT2D eigenvalue weighted by atomic mass is 79.9. The Kier molecular flexibility index (Phi) is 6.72. The van der Waals surface area contributed by atoms with Crippen molar-refractivity contribution in [1.29, 1.82) is 0 Å². The lowest BCUT2D eigenvalue weighted by molar-refractivity contribution is -0.135. The maximum Gasteiger partial charge on any atom is 0.260 e. The predicted octanol–water partition coefficient (Wildman–Crippen LogP) is 4.42. The van der Waals surface area contributed by atoms with E-state index in [2.05, 4.69) is 34.8 Å². The molecule has 0 N–H and O–H groups in total. The number of rotatable bonds is 6. The van der Waals surface area contributed by atoms with Gasteiger partial charge in [0.2, 0.25) is 5.88 Å². The minimum atomic E-state index is 0.0143. The third-order valence-corrected chi connectivity index (χ3v) is 5.31. The van der Waals surface area contributed by atoms with Crippen molar-refractivity contribution in [3.63, 3.8) is 0 Å². The second-order valence-electron chi connectivity index (χ2n) is 7.00. The summed E-state index contributed by atoms with van der Waals surface area (Å²) < 4.78 is 12.4. The summed E-state index contributed by atoms with van der Waals surface area (Å²) in [7, 11) is 0. The fraction of sp³-hybridized carbons (Fsp3) is 0.429. The molecular weight excluding hydrogens is 408 g/mol. The molecule has 1 aromatic carbocycles. The molecule has 1 amide bonds. The average molecular weight is 433 g/mol. The van der Waals surface area contributed by atoms with Crippen LogP contribution in [0.2, 0.25) is 0 Å². The van der Waals surface area contributed by atoms with Crippen LogP contribution in [-0.2, 0) is 4.79 Å². The molecule has 5 nitrogen and oxygen atoms in total. The lowest BCUT2D eigenvalue weighted by Gasteiger charge is -2.32. The van der Waals surface area contributed by atoms with Crippen LogP contribution in [0.3, 0.4) is 0 Å². The number of piperidine rings is 1. The van der Waals surface area contributed by atoms with Crippen LogP contribution in [0.5, 0.6) is 11.6 Å². The summed E-state index contributed by atoms with van der Waals surface area (Å²) in [6.45, 7) is 5.71. The number of hydrogen-bond acceptors (Lipinski definition) is 4. The molecule has 0 saturated carbocycles. The Hall–Kier alpha value is -2.08. The van der Waals surface area contributed by atoms with Gasteiger partial charge in [-0.1, -0.05) is 26.0 Å². The first-order valence-electron chi connectivity index (χ1n) is 9.30. The Morgan fingerprint density at radius 2 is 1.93 bits per heavy atom. The third-order valence-electron chi connectivity index (χ3n) is 4.71. The van der Waals surface area contributed by atoms with Crippen LogP contribution in [0.1, 0.15) is 38.2 Å². The molecule has 1 aromatic heterocycles. The van der Waals surface area contributed by atoms with Gasteiger partial charge in [-0.25, -0.2) is 4.98 Å². The summed E-state index contributed by atoms with van der Waals surface area (Å²) in [5.74, 6) is 1.83. The van der Waals surface area contributed by atoms with Crippen LogP contribution in [0, 0.1) is 0 Å². The maximum atomic E-state index is 12.4. The van der Waals surface area contributed by atoms with Crippen molar-refractivity contribution in [3.8, 4) is 11.6 Å². The van der Waals surface area contributed by atoms with Crippen LogP contribution in [0.15, 0.2) is 47.1 Å². The van der Waals surface area contributed by atoms with Gasteiger partial charge < -0.3 is 14.4 Å². The molecule has 1 fully saturated rings. The van der Waals surface area contributed by atoms with Crippen LogP contribution in [0.25, 0.3) is 0 Å². The van der Waals surface area contributed by atoms with Crippen molar-refractivity contribution in [2.75, 3.05) is 19.7 Å². The second-order valence-corrected chi connectivity index (χ2v) is 7.86. The van der Waals surface area contributed by atoms with E-state index in [-0.39, 0.29) is 18.6 Å². The fourth-order valence-electron chi connectivity index (χ4n) is 3.02. The molecule has 2 heterocycles. The van der Waals surface area contributed by atoms with Gasteiger partial charge in [0.05, 0.1) is 4.47 Å². The summed E-state index contributed by atoms with van der Waals surface area (Å²) in [5.41, 5.74) is 1.26. The Morgan fingerprint density at radius 3 is 2.56 bits per heavy atom. The summed E-state index contributed by atoms with van der Waals surface area (Å²) >= 11 is 3.44. The molecule has 6 heteroatoms. The van der Waals surface area contributed by atoms with E-state index in [0.717, 1.165) is 23.1 Å². The molecule has 2 aromatic rings. The van der Waals surface area contributed by atoms with Gasteiger partial charge in [0, 0.05) is 32.1 Å². The second kappa shape index (κ2) is 9.22. The molecule has 3 rings (SSSR count). The number of pyridine rings is 1. The molecule has 0 aliphatic carbocycles. The van der Waals surface area contributed by atoms with Crippen molar-refractivity contribution in [3.05, 3.63) is 52.6 Å². The number of hydrogen-bond donors (Lipinski definition) is 0. The average Bonchev–Trinajstić information content (AvgIpc) is 2.69. The molecule has 0 bridgehead atoms. The van der Waals surface area contributed by atoms with Gasteiger partial charge in [-0.3, -0.25) is 4.79 Å². The number of likely N-dealkylation sites (tertiary alicyclic amines) is 1. The molecule has 144 valence electrons. The topological polar surface area (TPSA) is 51.7 Å². The summed E-state index contributed by atoms with van der Waals surface area (Å²) in [4.78, 5) is 18.5. The van der Waals surface area contributed by atoms with Crippen LogP contribution >= 0.6 is 15.9 Å². The standard InChI is InChI=1S/C21H25BrN2O3/c1-15(2)16-5-7-17(8-6-16)26-14-20(25)24-12-9-18(10-13-24)27-21-19(22)4-3-11-23-21/h3-8,11,15,18H,9-10,12-14H2,1-2H3. The van der Waals surface area contributed by atoms with Gasteiger partial charge in [-0.05, 0) is 51.7 Å². The lowest BCUT2D eigenvalue weighted by atomic mass is 10.0. The van der Waals surface area contributed by atoms with Crippen molar-refractivity contribution in [2.45, 2.75) is 38.7 Å². The molecule has 0 atom stereocenters. The zero-order valence-corrected chi connectivity index (χ0v) is 17.3. The fourth-order valence-corrected chi connectivity index (χ4v) is 3.37. The van der Waals surface area contributed by atoms with Crippen LogP contribution in [-0.4, -0.2) is 41.6 Å². The normalized spacial score (nSPS) is 15.0. The number of ether oxygens (including phenoxy) is 2. The molecule has 0 spiro atoms. The Bertz CT molecular complexity index is 756. The molecular formula is C21H25BrN2O3. The van der Waals surface area contributed by atoms with Crippen LogP contribution < -0.4 is 9.47 Å². The first-order chi connectivity index (χ1) is 13.0. The first-order valence-corrected chi connectivity index (χ1v) is 10.1. The van der Waals surface area contributed by atoms with Gasteiger partial charge in [0.15, 0.2) is 6.61 Å². The van der Waals surface area contributed by atoms with Crippen molar-refractivity contribution in [2.24, 2.45) is 0 Å². The molecule has 1 aliphatic heterocycles. The van der Waals surface area contributed by atoms with Gasteiger partial charge in [0.25, 0.3) is 5.91 Å². The van der Waals surface area contributed by atoms with Crippen molar-refractivity contribution < 1.29 is 14.3 Å². The van der Waals surface area contributed by atoms with E-state index in [9.17, 15) is 4.79 Å². The number of nitrogens with zero attached hydrogens (tertiary/aromatic N) is 2. The van der Waals surface area contributed by atoms with Gasteiger partial charge in [-0.15, -0.1) is 0 Å². The maximum absolute atomic E-state index is 12.4. The van der Waals surface area contributed by atoms with Gasteiger partial charge in [0.1, 0.15) is 11.9 Å². The van der Waals surface area contributed by atoms with Crippen molar-refractivity contribution >= 4 is 21.8 Å². The number of aromatic nitrogens is 1. The van der Waals surface area contributed by atoms with Gasteiger partial charge >= 0.3 is 0 Å². The Balaban J connectivity index is 1.43. The monoisotopic (exact) mass is 432 g/mol. The summed E-state index contributed by atoms with van der Waals surface area (Å²) in [6.07, 6.45) is 3.36. The predicted molar refractivity (Wildman–Crippen MR) is 108 cm³/mol. The highest BCUT2D eigenvalue weighted by molar-refractivity contribution is 9.10. The molecule has 0 unspecified atom stereocenters. The van der Waals surface area contributed by atoms with E-state index in [1.165, 1.54) is 5.56 Å². The molecule has 0 radical (unpaired) electrons. The number of carbonyl (C=O) groups excluding carboxylic acids is 1. The summed E-state index contributed by atoms with van der Waals surface area (Å²) in [6, 6.07) is 11.7. The lowest BCUT2D eigenvalue weighted by Crippen LogP contribution is -2.43. The highest BCUT2D eigenvalue weighted by Gasteiger charge is 2.25. The molecule has 1 aliphatic rings. The highest BCUT2D eigenvalue weighted by Crippen LogP contribution is 2.25. The third kappa shape index (κ3) is 5.45. The Labute approximate surface area is 168 Å². The molecule has 27 heavy (non-hydrogen) atoms. The van der Waals surface area contributed by atoms with E-state index < -0.39 is 0 Å². The number of halogens is 1. The minimum Gasteiger partial charge on any atom is -0.484 e. The quantitative estimate of drug-likeness (QED) is 0.677. The smallest absolute Gasteiger partial charge is 0.260 e. The van der Waals surface area contributed by atoms with E-state index in [4.69, 9.17) is 9.47 Å². The minimum absolute atomic E-state index is 0.0143. The molecule has 1 saturated heterocycles. The zero-order valence-electron chi connectivity index (χ0n) is 15.7.